The Balaban J connectivity index is 1.79. The summed E-state index contributed by atoms with van der Waals surface area (Å²) in [4.78, 5) is 63.6. The number of halogens is 4. The van der Waals surface area contributed by atoms with Crippen LogP contribution < -0.4 is 5.32 Å². The number of esters is 1. The molecule has 0 saturated heterocycles. The third-order valence-corrected chi connectivity index (χ3v) is 6.98. The van der Waals surface area contributed by atoms with Crippen LogP contribution in [0.2, 0.25) is 20.1 Å². The fraction of sp³-hybridized carbons (Fsp3) is 0.261. The van der Waals surface area contributed by atoms with Crippen LogP contribution in [0, 0.1) is 5.92 Å². The van der Waals surface area contributed by atoms with Crippen LogP contribution in [0.5, 0.6) is 0 Å². The van der Waals surface area contributed by atoms with Gasteiger partial charge in [-0.15, -0.1) is 0 Å². The zero-order valence-corrected chi connectivity index (χ0v) is 21.6. The molecule has 1 aliphatic rings. The van der Waals surface area contributed by atoms with Gasteiger partial charge in [-0.2, -0.15) is 0 Å². The summed E-state index contributed by atoms with van der Waals surface area (Å²) in [6, 6.07) is 4.82. The highest BCUT2D eigenvalue weighted by Gasteiger charge is 2.48. The minimum absolute atomic E-state index is 0.184. The number of Topliss-reactive ketones (excluding diaryl/α,β-unsaturated/α-hetero) is 1. The van der Waals surface area contributed by atoms with Crippen LogP contribution in [-0.2, 0) is 14.3 Å². The largest absolute Gasteiger partial charge is 0.454 e. The Labute approximate surface area is 220 Å². The molecule has 2 aromatic rings. The second kappa shape index (κ2) is 10.5. The first kappa shape index (κ1) is 26.9. The van der Waals surface area contributed by atoms with E-state index in [-0.39, 0.29) is 37.0 Å². The first-order valence-electron chi connectivity index (χ1n) is 10.2. The molecule has 0 bridgehead atoms. The van der Waals surface area contributed by atoms with Crippen molar-refractivity contribution in [2.75, 3.05) is 11.9 Å². The van der Waals surface area contributed by atoms with Crippen LogP contribution in [0.4, 0.5) is 5.69 Å². The molecule has 3 amide bonds. The molecule has 0 unspecified atom stereocenters. The lowest BCUT2D eigenvalue weighted by atomic mass is 10.0. The lowest BCUT2D eigenvalue weighted by Gasteiger charge is -2.27. The van der Waals surface area contributed by atoms with Crippen LogP contribution in [0.15, 0.2) is 24.3 Å². The molecule has 12 heteroatoms. The summed E-state index contributed by atoms with van der Waals surface area (Å²) in [7, 11) is 0. The number of hydrogen-bond acceptors (Lipinski definition) is 6. The van der Waals surface area contributed by atoms with E-state index in [4.69, 9.17) is 51.1 Å². The number of anilines is 1. The Bertz CT molecular complexity index is 1230. The second-order valence-corrected chi connectivity index (χ2v) is 9.48. The summed E-state index contributed by atoms with van der Waals surface area (Å²) in [6.07, 6.45) is 0. The standard InChI is InChI=1S/C23H18Cl4N2O6/c1-9(2)20(23(34)35-8-13(31)28-12-6-4-5-11(7-12)10(3)30)29-21(32)14-15(22(29)33)17(25)19(27)18(26)16(14)24/h4-7,9,20H,8H2,1-3H3,(H,28,31)/t20-/m1/s1. The predicted molar refractivity (Wildman–Crippen MR) is 132 cm³/mol. The van der Waals surface area contributed by atoms with Gasteiger partial charge in [-0.25, -0.2) is 4.79 Å². The highest BCUT2D eigenvalue weighted by atomic mass is 35.5. The van der Waals surface area contributed by atoms with Gasteiger partial charge in [0, 0.05) is 11.3 Å². The fourth-order valence-electron chi connectivity index (χ4n) is 3.53. The quantitative estimate of drug-likeness (QED) is 0.162. The van der Waals surface area contributed by atoms with E-state index < -0.39 is 42.3 Å². The number of nitrogens with one attached hydrogen (secondary N) is 1. The summed E-state index contributed by atoms with van der Waals surface area (Å²) in [5.74, 6) is -4.24. The molecule has 0 aliphatic carbocycles. The molecule has 0 spiro atoms. The van der Waals surface area contributed by atoms with Crippen LogP contribution in [0.3, 0.4) is 0 Å². The minimum atomic E-state index is -1.39. The number of imide groups is 1. The molecule has 1 atom stereocenters. The molecule has 0 saturated carbocycles. The van der Waals surface area contributed by atoms with E-state index in [0.717, 1.165) is 0 Å². The summed E-state index contributed by atoms with van der Waals surface area (Å²) >= 11 is 24.4. The van der Waals surface area contributed by atoms with E-state index in [0.29, 0.717) is 16.2 Å². The number of ketones is 1. The van der Waals surface area contributed by atoms with E-state index in [1.54, 1.807) is 32.0 Å². The Morgan fingerprint density at radius 2 is 1.49 bits per heavy atom. The molecule has 0 aromatic heterocycles. The Morgan fingerprint density at radius 1 is 0.943 bits per heavy atom. The van der Waals surface area contributed by atoms with Crippen molar-refractivity contribution in [2.24, 2.45) is 5.92 Å². The first-order chi connectivity index (χ1) is 16.4. The van der Waals surface area contributed by atoms with E-state index in [1.165, 1.54) is 13.0 Å². The first-order valence-corrected chi connectivity index (χ1v) is 11.7. The monoisotopic (exact) mass is 558 g/mol. The Hall–Kier alpha value is -2.65. The van der Waals surface area contributed by atoms with Crippen molar-refractivity contribution in [3.8, 4) is 0 Å². The van der Waals surface area contributed by atoms with Gasteiger partial charge < -0.3 is 10.1 Å². The van der Waals surface area contributed by atoms with E-state index >= 15 is 0 Å². The Kier molecular flexibility index (Phi) is 8.11. The number of fused-ring (bicyclic) bond motifs is 1. The van der Waals surface area contributed by atoms with Crippen LogP contribution in [0.25, 0.3) is 0 Å². The molecular weight excluding hydrogens is 542 g/mol. The number of rotatable bonds is 7. The van der Waals surface area contributed by atoms with E-state index in [2.05, 4.69) is 5.32 Å². The van der Waals surface area contributed by atoms with Gasteiger partial charge in [0.05, 0.1) is 31.2 Å². The number of benzene rings is 2. The summed E-state index contributed by atoms with van der Waals surface area (Å²) in [6.45, 7) is 3.86. The number of ether oxygens (including phenoxy) is 1. The lowest BCUT2D eigenvalue weighted by Crippen LogP contribution is -2.49. The fourth-order valence-corrected chi connectivity index (χ4v) is 4.54. The smallest absolute Gasteiger partial charge is 0.330 e. The van der Waals surface area contributed by atoms with Crippen molar-refractivity contribution in [3.63, 3.8) is 0 Å². The second-order valence-electron chi connectivity index (χ2n) is 7.97. The molecule has 3 rings (SSSR count). The van der Waals surface area contributed by atoms with Crippen molar-refractivity contribution in [2.45, 2.75) is 26.8 Å². The minimum Gasteiger partial charge on any atom is -0.454 e. The van der Waals surface area contributed by atoms with Crippen LogP contribution in [-0.4, -0.2) is 47.0 Å². The highest BCUT2D eigenvalue weighted by Crippen LogP contribution is 2.45. The molecule has 184 valence electrons. The molecule has 1 aliphatic heterocycles. The van der Waals surface area contributed by atoms with Crippen molar-refractivity contribution in [1.82, 2.24) is 4.90 Å². The van der Waals surface area contributed by atoms with Gasteiger partial charge in [0.25, 0.3) is 17.7 Å². The third-order valence-electron chi connectivity index (χ3n) is 5.18. The third kappa shape index (κ3) is 5.16. The average molecular weight is 560 g/mol. The maximum atomic E-state index is 13.1. The van der Waals surface area contributed by atoms with Crippen LogP contribution >= 0.6 is 46.4 Å². The number of carbonyl (C=O) groups is 5. The SMILES string of the molecule is CC(=O)c1cccc(NC(=O)COC(=O)[C@@H](C(C)C)N2C(=O)c3c(Cl)c(Cl)c(Cl)c(Cl)c3C2=O)c1. The lowest BCUT2D eigenvalue weighted by molar-refractivity contribution is -0.152. The Morgan fingerprint density at radius 3 is 1.97 bits per heavy atom. The van der Waals surface area contributed by atoms with Gasteiger partial charge in [0.2, 0.25) is 0 Å². The van der Waals surface area contributed by atoms with Gasteiger partial charge in [0.15, 0.2) is 12.4 Å². The molecule has 35 heavy (non-hydrogen) atoms. The number of carbonyl (C=O) groups excluding carboxylic acids is 5. The summed E-state index contributed by atoms with van der Waals surface area (Å²) < 4.78 is 5.11. The zero-order chi connectivity index (χ0) is 26.2. The highest BCUT2D eigenvalue weighted by molar-refractivity contribution is 6.55. The van der Waals surface area contributed by atoms with Gasteiger partial charge in [0.1, 0.15) is 6.04 Å². The maximum Gasteiger partial charge on any atom is 0.330 e. The van der Waals surface area contributed by atoms with Gasteiger partial charge in [-0.05, 0) is 25.0 Å². The van der Waals surface area contributed by atoms with Gasteiger partial charge in [-0.1, -0.05) is 72.4 Å². The van der Waals surface area contributed by atoms with Crippen molar-refractivity contribution in [1.29, 1.82) is 0 Å². The molecule has 0 fully saturated rings. The number of nitrogens with zero attached hydrogens (tertiary/aromatic N) is 1. The predicted octanol–water partition coefficient (Wildman–Crippen LogP) is 5.31. The normalized spacial score (nSPS) is 13.7. The van der Waals surface area contributed by atoms with Crippen molar-refractivity contribution < 1.29 is 28.7 Å². The topological polar surface area (TPSA) is 110 Å². The number of hydrogen-bond donors (Lipinski definition) is 1. The molecule has 0 radical (unpaired) electrons. The number of amides is 3. The summed E-state index contributed by atoms with van der Waals surface area (Å²) in [5.41, 5.74) is 0.190. The van der Waals surface area contributed by atoms with Crippen LogP contribution in [0.1, 0.15) is 51.8 Å². The zero-order valence-electron chi connectivity index (χ0n) is 18.6. The van der Waals surface area contributed by atoms with Gasteiger partial charge >= 0.3 is 5.97 Å². The van der Waals surface area contributed by atoms with Gasteiger partial charge in [-0.3, -0.25) is 24.1 Å². The van der Waals surface area contributed by atoms with Crippen molar-refractivity contribution >= 4 is 81.6 Å². The van der Waals surface area contributed by atoms with E-state index in [1.807, 2.05) is 0 Å². The van der Waals surface area contributed by atoms with E-state index in [9.17, 15) is 24.0 Å². The maximum absolute atomic E-state index is 13.1. The molecule has 2 aromatic carbocycles. The molecule has 8 nitrogen and oxygen atoms in total. The molecular formula is C23H18Cl4N2O6. The summed E-state index contributed by atoms with van der Waals surface area (Å²) in [5, 5.41) is 1.58. The average Bonchev–Trinajstić information content (AvgIpc) is 3.05. The molecule has 1 heterocycles. The van der Waals surface area contributed by atoms with Crippen molar-refractivity contribution in [3.05, 3.63) is 61.0 Å². The molecule has 1 N–H and O–H groups in total.